The van der Waals surface area contributed by atoms with Crippen LogP contribution in [0.2, 0.25) is 0 Å². The van der Waals surface area contributed by atoms with Crippen LogP contribution < -0.4 is 0 Å². The maximum atomic E-state index is 4.08. The van der Waals surface area contributed by atoms with Crippen molar-refractivity contribution in [2.75, 3.05) is 0 Å². The van der Waals surface area contributed by atoms with E-state index in [1.54, 1.807) is 6.33 Å². The predicted molar refractivity (Wildman–Crippen MR) is 43.1 cm³/mol. The van der Waals surface area contributed by atoms with E-state index in [9.17, 15) is 0 Å². The van der Waals surface area contributed by atoms with Gasteiger partial charge in [0.25, 0.3) is 0 Å². The number of fused-ring (bicyclic) bond motifs is 1. The molecule has 12 heavy (non-hydrogen) atoms. The van der Waals surface area contributed by atoms with Gasteiger partial charge in [-0.2, -0.15) is 24.3 Å². The first-order chi connectivity index (χ1) is 5.38. The summed E-state index contributed by atoms with van der Waals surface area (Å²) < 4.78 is 0. The van der Waals surface area contributed by atoms with E-state index in [-0.39, 0.29) is 32.7 Å². The maximum Gasteiger partial charge on any atom is 0.112 e. The number of para-hydroxylation sites is 1. The Morgan fingerprint density at radius 2 is 2.17 bits per heavy atom. The topological polar surface area (TPSA) is 25.8 Å². The van der Waals surface area contributed by atoms with Gasteiger partial charge in [-0.15, -0.1) is 0 Å². The number of rotatable bonds is 0. The number of aromatic nitrogens is 2. The fourth-order valence-electron chi connectivity index (χ4n) is 1.07. The molecule has 1 aromatic carbocycles. The van der Waals surface area contributed by atoms with E-state index < -0.39 is 0 Å². The fourth-order valence-corrected chi connectivity index (χ4v) is 1.07. The fraction of sp³-hybridized carbons (Fsp3) is 0.111. The second kappa shape index (κ2) is 4.06. The largest absolute Gasteiger partial charge is 0.263 e. The van der Waals surface area contributed by atoms with Crippen LogP contribution >= 0.6 is 0 Å². The molecule has 2 nitrogen and oxygen atoms in total. The number of nitrogens with zero attached hydrogens (tertiary/aromatic N) is 2. The van der Waals surface area contributed by atoms with Crippen molar-refractivity contribution < 1.29 is 32.7 Å². The van der Waals surface area contributed by atoms with E-state index in [2.05, 4.69) is 16.0 Å². The Labute approximate surface area is 96.3 Å². The molecule has 1 aromatic heterocycles. The summed E-state index contributed by atoms with van der Waals surface area (Å²) in [6.07, 6.45) is 1.56. The van der Waals surface area contributed by atoms with E-state index in [4.69, 9.17) is 0 Å². The van der Waals surface area contributed by atoms with Crippen LogP contribution in [0.4, 0.5) is 0 Å². The molecule has 0 amide bonds. The summed E-state index contributed by atoms with van der Waals surface area (Å²) in [4.78, 5) is 8.15. The standard InChI is InChI=1S/C9H7N2.Y/c1-7-8-4-2-3-5-9(8)11-6-10-7;/h2-4,6H,1H3;/q-1;. The smallest absolute Gasteiger partial charge is 0.112 e. The summed E-state index contributed by atoms with van der Waals surface area (Å²) in [6.45, 7) is 1.97. The zero-order valence-corrected chi connectivity index (χ0v) is 9.62. The molecule has 3 heteroatoms. The average Bonchev–Trinajstić information content (AvgIpc) is 2.06. The van der Waals surface area contributed by atoms with Gasteiger partial charge < -0.3 is 0 Å². The summed E-state index contributed by atoms with van der Waals surface area (Å²) >= 11 is 0. The molecule has 0 aliphatic carbocycles. The van der Waals surface area contributed by atoms with E-state index in [0.29, 0.717) is 0 Å². The van der Waals surface area contributed by atoms with E-state index in [0.717, 1.165) is 16.6 Å². The van der Waals surface area contributed by atoms with Gasteiger partial charge in [-0.25, -0.2) is 0 Å². The van der Waals surface area contributed by atoms with Gasteiger partial charge in [0.15, 0.2) is 0 Å². The molecule has 0 atom stereocenters. The Bertz CT molecular complexity index is 382. The molecule has 0 spiro atoms. The monoisotopic (exact) mass is 232 g/mol. The summed E-state index contributed by atoms with van der Waals surface area (Å²) in [5.74, 6) is 0. The van der Waals surface area contributed by atoms with Crippen molar-refractivity contribution in [1.82, 2.24) is 9.97 Å². The van der Waals surface area contributed by atoms with Crippen LogP contribution in [0, 0.1) is 13.0 Å². The predicted octanol–water partition coefficient (Wildman–Crippen LogP) is 1.74. The van der Waals surface area contributed by atoms with Gasteiger partial charge in [0, 0.05) is 32.7 Å². The molecule has 2 rings (SSSR count). The molecule has 0 fully saturated rings. The van der Waals surface area contributed by atoms with Gasteiger partial charge in [-0.05, 0) is 18.1 Å². The number of hydrogen-bond donors (Lipinski definition) is 0. The van der Waals surface area contributed by atoms with Crippen molar-refractivity contribution in [3.8, 4) is 0 Å². The van der Waals surface area contributed by atoms with Gasteiger partial charge in [0.2, 0.25) is 0 Å². The Hall–Kier alpha value is -0.336. The molecule has 0 aliphatic heterocycles. The van der Waals surface area contributed by atoms with Gasteiger partial charge in [-0.1, -0.05) is 5.39 Å². The molecule has 2 aromatic rings. The Morgan fingerprint density at radius 1 is 1.33 bits per heavy atom. The quantitative estimate of drug-likeness (QED) is 0.646. The summed E-state index contributed by atoms with van der Waals surface area (Å²) in [7, 11) is 0. The SMILES string of the molecule is Cc1ncnc2[c-]cccc12.[Y]. The Morgan fingerprint density at radius 3 is 2.92 bits per heavy atom. The third-order valence-corrected chi connectivity index (χ3v) is 1.66. The van der Waals surface area contributed by atoms with Gasteiger partial charge in [0.05, 0.1) is 0 Å². The molecule has 0 saturated carbocycles. The maximum absolute atomic E-state index is 4.08. The van der Waals surface area contributed by atoms with Crippen molar-refractivity contribution in [1.29, 1.82) is 0 Å². The molecule has 57 valence electrons. The first-order valence-corrected chi connectivity index (χ1v) is 3.46. The average molecular weight is 232 g/mol. The van der Waals surface area contributed by atoms with E-state index >= 15 is 0 Å². The van der Waals surface area contributed by atoms with Crippen LogP contribution in [0.5, 0.6) is 0 Å². The van der Waals surface area contributed by atoms with Crippen LogP contribution in [0.25, 0.3) is 10.9 Å². The zero-order valence-electron chi connectivity index (χ0n) is 6.78. The van der Waals surface area contributed by atoms with Crippen molar-refractivity contribution >= 4 is 10.9 Å². The van der Waals surface area contributed by atoms with Gasteiger partial charge >= 0.3 is 0 Å². The van der Waals surface area contributed by atoms with Gasteiger partial charge in [0.1, 0.15) is 6.33 Å². The molecule has 0 saturated heterocycles. The first-order valence-electron chi connectivity index (χ1n) is 3.46. The minimum absolute atomic E-state index is 0. The normalized spacial score (nSPS) is 9.42. The second-order valence-corrected chi connectivity index (χ2v) is 2.39. The molecule has 1 radical (unpaired) electrons. The van der Waals surface area contributed by atoms with Crippen molar-refractivity contribution in [3.05, 3.63) is 36.3 Å². The van der Waals surface area contributed by atoms with Crippen LogP contribution in [-0.2, 0) is 32.7 Å². The first kappa shape index (κ1) is 9.75. The summed E-state index contributed by atoms with van der Waals surface area (Å²) in [5.41, 5.74) is 1.90. The number of aryl methyl sites for hydroxylation is 1. The van der Waals surface area contributed by atoms with Crippen molar-refractivity contribution in [3.63, 3.8) is 0 Å². The zero-order chi connectivity index (χ0) is 7.68. The number of hydrogen-bond acceptors (Lipinski definition) is 2. The van der Waals surface area contributed by atoms with E-state index in [1.165, 1.54) is 0 Å². The summed E-state index contributed by atoms with van der Waals surface area (Å²) in [6, 6.07) is 8.84. The molecule has 0 aliphatic rings. The molecule has 0 N–H and O–H groups in total. The third kappa shape index (κ3) is 1.70. The van der Waals surface area contributed by atoms with Crippen LogP contribution in [0.1, 0.15) is 5.69 Å². The molecular formula is C9H7N2Y-. The summed E-state index contributed by atoms with van der Waals surface area (Å²) in [5, 5.41) is 1.08. The van der Waals surface area contributed by atoms with Gasteiger partial charge in [-0.3, -0.25) is 9.97 Å². The van der Waals surface area contributed by atoms with Crippen LogP contribution in [0.15, 0.2) is 24.5 Å². The molecular weight excluding hydrogens is 225 g/mol. The number of benzene rings is 1. The van der Waals surface area contributed by atoms with Crippen molar-refractivity contribution in [2.45, 2.75) is 6.92 Å². The van der Waals surface area contributed by atoms with E-state index in [1.807, 2.05) is 25.1 Å². The second-order valence-electron chi connectivity index (χ2n) is 2.39. The Kier molecular flexibility index (Phi) is 3.30. The Balaban J connectivity index is 0.000000720. The molecule has 1 heterocycles. The molecule has 0 unspecified atom stereocenters. The molecule has 0 bridgehead atoms. The van der Waals surface area contributed by atoms with Crippen LogP contribution in [0.3, 0.4) is 0 Å². The minimum Gasteiger partial charge on any atom is -0.263 e. The van der Waals surface area contributed by atoms with Crippen LogP contribution in [-0.4, -0.2) is 9.97 Å². The minimum atomic E-state index is 0. The third-order valence-electron chi connectivity index (χ3n) is 1.66. The van der Waals surface area contributed by atoms with Crippen molar-refractivity contribution in [2.24, 2.45) is 0 Å².